The van der Waals surface area contributed by atoms with Gasteiger partial charge in [-0.1, -0.05) is 38.3 Å². The smallest absolute Gasteiger partial charge is 0.261 e. The second-order valence-electron chi connectivity index (χ2n) is 14.5. The van der Waals surface area contributed by atoms with Gasteiger partial charge in [0.05, 0.1) is 25.5 Å². The van der Waals surface area contributed by atoms with Gasteiger partial charge < -0.3 is 24.4 Å². The molecule has 0 aromatic heterocycles. The summed E-state index contributed by atoms with van der Waals surface area (Å²) in [4.78, 5) is 21.2. The van der Waals surface area contributed by atoms with E-state index in [2.05, 4.69) is 45.4 Å². The number of hydrogen-bond acceptors (Lipinski definition) is 8. The first kappa shape index (κ1) is 32.1. The maximum Gasteiger partial charge on any atom is 0.261 e. The molecule has 2 N–H and O–H groups in total. The van der Waals surface area contributed by atoms with Gasteiger partial charge in [0.15, 0.2) is 0 Å². The first-order chi connectivity index (χ1) is 22.5. The average molecular weight is 649 g/mol. The number of benzene rings is 2. The van der Waals surface area contributed by atoms with E-state index in [1.165, 1.54) is 24.0 Å². The summed E-state index contributed by atoms with van der Waals surface area (Å²) in [5, 5.41) is 10.3. The molecule has 3 fully saturated rings. The standard InChI is InChI=1S/C37H52N4O4S/c1-3-5-26-17-31(42)8-9-32(26)29-20-41-22-34-25(2)16-33(34)28(19-39-11-12-40-13-14-44-24-30(40)21-39)6-4-15-46-38-37(43)27-7-10-36(45-23-29)35(41)18-27/h7-10,17-18,25,28-30,33-34,42H,3-6,11-16,19-24H2,1-2H3,(H,38,43). The number of aryl methyl sites for hydroxylation is 1. The number of phenols is 1. The Kier molecular flexibility index (Phi) is 10.0. The lowest BCUT2D eigenvalue weighted by molar-refractivity contribution is -0.0551. The summed E-state index contributed by atoms with van der Waals surface area (Å²) in [5.74, 6) is 4.86. The Morgan fingerprint density at radius 3 is 2.83 bits per heavy atom. The van der Waals surface area contributed by atoms with Crippen molar-refractivity contribution < 1.29 is 19.4 Å². The van der Waals surface area contributed by atoms with Gasteiger partial charge in [-0.3, -0.25) is 14.4 Å². The van der Waals surface area contributed by atoms with Gasteiger partial charge >= 0.3 is 0 Å². The number of phenolic OH excluding ortho intramolecular Hbond substituents is 1. The number of morpholine rings is 1. The second-order valence-corrected chi connectivity index (χ2v) is 15.4. The zero-order valence-corrected chi connectivity index (χ0v) is 28.5. The molecule has 2 aromatic carbocycles. The second kappa shape index (κ2) is 14.3. The van der Waals surface area contributed by atoms with Crippen molar-refractivity contribution in [1.82, 2.24) is 14.5 Å². The lowest BCUT2D eigenvalue weighted by Gasteiger charge is -2.51. The minimum Gasteiger partial charge on any atom is -0.508 e. The average Bonchev–Trinajstić information content (AvgIpc) is 3.24. The summed E-state index contributed by atoms with van der Waals surface area (Å²) in [6.45, 7) is 14.4. The molecule has 46 heavy (non-hydrogen) atoms. The minimum atomic E-state index is -0.0339. The predicted octanol–water partition coefficient (Wildman–Crippen LogP) is 5.40. The van der Waals surface area contributed by atoms with Gasteiger partial charge in [-0.25, -0.2) is 0 Å². The van der Waals surface area contributed by atoms with Crippen molar-refractivity contribution in [2.75, 3.05) is 76.3 Å². The molecule has 2 aromatic rings. The van der Waals surface area contributed by atoms with Gasteiger partial charge in [-0.2, -0.15) is 0 Å². The number of carbonyl (C=O) groups is 1. The van der Waals surface area contributed by atoms with Crippen molar-refractivity contribution in [3.63, 3.8) is 0 Å². The van der Waals surface area contributed by atoms with Crippen molar-refractivity contribution in [3.05, 3.63) is 53.1 Å². The number of ether oxygens (including phenoxy) is 2. The predicted molar refractivity (Wildman–Crippen MR) is 185 cm³/mol. The zero-order chi connectivity index (χ0) is 31.6. The van der Waals surface area contributed by atoms with E-state index in [-0.39, 0.29) is 11.8 Å². The molecule has 2 saturated heterocycles. The van der Waals surface area contributed by atoms with Crippen LogP contribution in [0.1, 0.15) is 66.9 Å². The van der Waals surface area contributed by atoms with E-state index in [9.17, 15) is 9.90 Å². The van der Waals surface area contributed by atoms with Gasteiger partial charge in [0, 0.05) is 69.1 Å². The van der Waals surface area contributed by atoms with Crippen molar-refractivity contribution in [3.8, 4) is 11.5 Å². The van der Waals surface area contributed by atoms with Crippen LogP contribution in [0.5, 0.6) is 11.5 Å². The van der Waals surface area contributed by atoms with Crippen LogP contribution in [0.15, 0.2) is 36.4 Å². The lowest BCUT2D eigenvalue weighted by Crippen LogP contribution is -2.59. The van der Waals surface area contributed by atoms with Crippen LogP contribution < -0.4 is 14.4 Å². The van der Waals surface area contributed by atoms with E-state index in [0.29, 0.717) is 47.6 Å². The van der Waals surface area contributed by atoms with Crippen molar-refractivity contribution in [2.45, 2.75) is 57.9 Å². The quantitative estimate of drug-likeness (QED) is 0.418. The van der Waals surface area contributed by atoms with Crippen molar-refractivity contribution in [1.29, 1.82) is 0 Å². The largest absolute Gasteiger partial charge is 0.508 e. The highest BCUT2D eigenvalue weighted by Crippen LogP contribution is 2.48. The number of hydrogen-bond donors (Lipinski definition) is 2. The van der Waals surface area contributed by atoms with Crippen LogP contribution in [0.4, 0.5) is 5.69 Å². The minimum absolute atomic E-state index is 0.0339. The molecule has 1 amide bonds. The van der Waals surface area contributed by atoms with Crippen LogP contribution in [-0.2, 0) is 11.2 Å². The molecule has 0 radical (unpaired) electrons. The molecule has 6 atom stereocenters. The first-order valence-electron chi connectivity index (χ1n) is 17.8. The van der Waals surface area contributed by atoms with E-state index in [1.807, 2.05) is 24.3 Å². The fraction of sp³-hybridized carbons (Fsp3) is 0.649. The molecule has 4 heterocycles. The molecule has 250 valence electrons. The van der Waals surface area contributed by atoms with Gasteiger partial charge in [0.1, 0.15) is 11.5 Å². The van der Waals surface area contributed by atoms with E-state index in [1.54, 1.807) is 11.9 Å². The van der Waals surface area contributed by atoms with Gasteiger partial charge in [0.25, 0.3) is 5.91 Å². The van der Waals surface area contributed by atoms with Crippen LogP contribution in [0.2, 0.25) is 0 Å². The molecule has 0 spiro atoms. The number of nitrogens with zero attached hydrogens (tertiary/aromatic N) is 3. The molecule has 9 heteroatoms. The highest BCUT2D eigenvalue weighted by atomic mass is 32.2. The third kappa shape index (κ3) is 6.89. The SMILES string of the molecule is CCCc1cc(O)ccc1C1COc2ccc3cc2N(C1)CC1C(C)CC1C(CN1CCN2CCOCC2C1)CCCSNC3=O. The Bertz CT molecular complexity index is 1370. The molecular formula is C37H52N4O4S. The summed E-state index contributed by atoms with van der Waals surface area (Å²) in [7, 11) is 0. The van der Waals surface area contributed by atoms with Crippen LogP contribution in [0.25, 0.3) is 0 Å². The Balaban J connectivity index is 1.17. The van der Waals surface area contributed by atoms with E-state index < -0.39 is 0 Å². The lowest BCUT2D eigenvalue weighted by atomic mass is 9.59. The molecule has 5 aliphatic rings. The van der Waals surface area contributed by atoms with Gasteiger partial charge in [0.2, 0.25) is 0 Å². The maximum absolute atomic E-state index is 13.3. The number of amides is 1. The topological polar surface area (TPSA) is 77.5 Å². The van der Waals surface area contributed by atoms with E-state index in [0.717, 1.165) is 95.5 Å². The highest BCUT2D eigenvalue weighted by Gasteiger charge is 2.45. The number of rotatable bonds is 5. The summed E-state index contributed by atoms with van der Waals surface area (Å²) in [6, 6.07) is 12.4. The van der Waals surface area contributed by atoms with Gasteiger partial charge in [-0.15, -0.1) is 0 Å². The highest BCUT2D eigenvalue weighted by molar-refractivity contribution is 7.97. The normalized spacial score (nSPS) is 30.9. The van der Waals surface area contributed by atoms with Crippen molar-refractivity contribution in [2.24, 2.45) is 23.7 Å². The van der Waals surface area contributed by atoms with Crippen LogP contribution in [-0.4, -0.2) is 98.2 Å². The summed E-state index contributed by atoms with van der Waals surface area (Å²) < 4.78 is 15.5. The molecule has 4 aliphatic heterocycles. The fourth-order valence-electron chi connectivity index (χ4n) is 8.93. The maximum atomic E-state index is 13.3. The molecule has 1 saturated carbocycles. The van der Waals surface area contributed by atoms with Crippen LogP contribution in [0, 0.1) is 23.7 Å². The number of fused-ring (bicyclic) bond motifs is 3. The summed E-state index contributed by atoms with van der Waals surface area (Å²) in [6.07, 6.45) is 5.57. The molecule has 6 unspecified atom stereocenters. The molecular weight excluding hydrogens is 596 g/mol. The number of nitrogens with one attached hydrogen (secondary N) is 1. The monoisotopic (exact) mass is 648 g/mol. The first-order valence-corrected chi connectivity index (χ1v) is 18.7. The molecule has 8 nitrogen and oxygen atoms in total. The molecule has 1 aliphatic carbocycles. The molecule has 2 bridgehead atoms. The summed E-state index contributed by atoms with van der Waals surface area (Å²) in [5.41, 5.74) is 4.20. The van der Waals surface area contributed by atoms with Gasteiger partial charge in [-0.05, 0) is 90.8 Å². The third-order valence-electron chi connectivity index (χ3n) is 11.5. The Morgan fingerprint density at radius 2 is 1.96 bits per heavy atom. The number of anilines is 1. The summed E-state index contributed by atoms with van der Waals surface area (Å²) >= 11 is 1.55. The molecule has 7 rings (SSSR count). The fourth-order valence-corrected chi connectivity index (χ4v) is 9.59. The van der Waals surface area contributed by atoms with Crippen LogP contribution >= 0.6 is 11.9 Å². The number of aromatic hydroxyl groups is 1. The van der Waals surface area contributed by atoms with Crippen LogP contribution in [0.3, 0.4) is 0 Å². The van der Waals surface area contributed by atoms with E-state index in [4.69, 9.17) is 9.47 Å². The van der Waals surface area contributed by atoms with E-state index >= 15 is 0 Å². The van der Waals surface area contributed by atoms with Crippen molar-refractivity contribution >= 4 is 23.5 Å². The Labute approximate surface area is 279 Å². The Hall–Kier alpha value is -2.46. The third-order valence-corrected chi connectivity index (χ3v) is 12.3. The number of piperazine rings is 1. The zero-order valence-electron chi connectivity index (χ0n) is 27.7. The Morgan fingerprint density at radius 1 is 1.04 bits per heavy atom. The number of carbonyl (C=O) groups excluding carboxylic acids is 1.